The number of nitrogens with zero attached hydrogens (tertiary/aromatic N) is 1. The van der Waals surface area contributed by atoms with Crippen LogP contribution in [-0.4, -0.2) is 43.8 Å². The maximum absolute atomic E-state index is 12.1. The molecule has 1 aliphatic heterocycles. The molecule has 1 aliphatic rings. The maximum atomic E-state index is 12.1. The largest absolute Gasteiger partial charge is 0.314 e. The lowest BCUT2D eigenvalue weighted by atomic mass is 9.96. The molecule has 1 N–H and O–H groups in total. The van der Waals surface area contributed by atoms with Crippen molar-refractivity contribution in [3.63, 3.8) is 0 Å². The quantitative estimate of drug-likeness (QED) is 0.729. The third-order valence-corrected chi connectivity index (χ3v) is 3.28. The Bertz CT molecular complexity index is 152. The Hall–Kier alpha value is -0.150. The van der Waals surface area contributed by atoms with Gasteiger partial charge in [0.25, 0.3) is 0 Å². The van der Waals surface area contributed by atoms with E-state index in [1.807, 2.05) is 0 Å². The van der Waals surface area contributed by atoms with Crippen LogP contribution in [0.4, 0.5) is 4.39 Å². The summed E-state index contributed by atoms with van der Waals surface area (Å²) in [5.74, 6) is 0.711. The topological polar surface area (TPSA) is 15.3 Å². The Morgan fingerprint density at radius 2 is 2.36 bits per heavy atom. The summed E-state index contributed by atoms with van der Waals surface area (Å²) in [6.45, 7) is 8.46. The SMILES string of the molecule is CCC(C)C1CNCCN1CCCF. The first-order valence-corrected chi connectivity index (χ1v) is 5.80. The molecule has 1 rings (SSSR count). The fourth-order valence-electron chi connectivity index (χ4n) is 2.14. The Labute approximate surface area is 86.9 Å². The van der Waals surface area contributed by atoms with Crippen LogP contribution in [0.25, 0.3) is 0 Å². The Balaban J connectivity index is 2.41. The van der Waals surface area contributed by atoms with Crippen LogP contribution < -0.4 is 5.32 Å². The van der Waals surface area contributed by atoms with Crippen molar-refractivity contribution in [2.75, 3.05) is 32.9 Å². The lowest BCUT2D eigenvalue weighted by Gasteiger charge is -2.39. The molecular formula is C11H23FN2. The number of hydrogen-bond acceptors (Lipinski definition) is 2. The molecule has 1 saturated heterocycles. The highest BCUT2D eigenvalue weighted by Crippen LogP contribution is 2.16. The van der Waals surface area contributed by atoms with Crippen LogP contribution in [0.1, 0.15) is 26.7 Å². The standard InChI is InChI=1S/C11H23FN2/c1-3-10(2)11-9-13-6-8-14(11)7-4-5-12/h10-11,13H,3-9H2,1-2H3. The fraction of sp³-hybridized carbons (Fsp3) is 1.00. The van der Waals surface area contributed by atoms with Gasteiger partial charge in [-0.05, 0) is 12.3 Å². The molecule has 0 bridgehead atoms. The van der Waals surface area contributed by atoms with Gasteiger partial charge in [0.05, 0.1) is 6.67 Å². The van der Waals surface area contributed by atoms with Crippen LogP contribution in [0.5, 0.6) is 0 Å². The van der Waals surface area contributed by atoms with Crippen molar-refractivity contribution in [2.45, 2.75) is 32.7 Å². The van der Waals surface area contributed by atoms with Crippen LogP contribution in [0.15, 0.2) is 0 Å². The van der Waals surface area contributed by atoms with Gasteiger partial charge in [-0.25, -0.2) is 0 Å². The van der Waals surface area contributed by atoms with E-state index in [1.54, 1.807) is 0 Å². The molecule has 0 radical (unpaired) electrons. The summed E-state index contributed by atoms with van der Waals surface area (Å²) >= 11 is 0. The lowest BCUT2D eigenvalue weighted by Crippen LogP contribution is -2.54. The van der Waals surface area contributed by atoms with E-state index in [4.69, 9.17) is 0 Å². The summed E-state index contributed by atoms with van der Waals surface area (Å²) in [6.07, 6.45) is 1.89. The van der Waals surface area contributed by atoms with Gasteiger partial charge in [-0.3, -0.25) is 9.29 Å². The predicted molar refractivity (Wildman–Crippen MR) is 58.3 cm³/mol. The lowest BCUT2D eigenvalue weighted by molar-refractivity contribution is 0.112. The summed E-state index contributed by atoms with van der Waals surface area (Å²) in [6, 6.07) is 0.611. The third-order valence-electron chi connectivity index (χ3n) is 3.28. The van der Waals surface area contributed by atoms with E-state index in [2.05, 4.69) is 24.1 Å². The van der Waals surface area contributed by atoms with E-state index in [1.165, 1.54) is 6.42 Å². The number of piperazine rings is 1. The first-order chi connectivity index (χ1) is 6.79. The second-order valence-electron chi connectivity index (χ2n) is 4.24. The number of alkyl halides is 1. The average Bonchev–Trinajstić information content (AvgIpc) is 2.25. The highest BCUT2D eigenvalue weighted by Gasteiger charge is 2.25. The van der Waals surface area contributed by atoms with E-state index in [9.17, 15) is 4.39 Å². The van der Waals surface area contributed by atoms with Gasteiger partial charge in [0.1, 0.15) is 0 Å². The van der Waals surface area contributed by atoms with Crippen LogP contribution in [0, 0.1) is 5.92 Å². The molecule has 0 aromatic heterocycles. The normalized spacial score (nSPS) is 26.4. The van der Waals surface area contributed by atoms with Crippen molar-refractivity contribution >= 4 is 0 Å². The van der Waals surface area contributed by atoms with Crippen molar-refractivity contribution in [1.29, 1.82) is 0 Å². The second-order valence-corrected chi connectivity index (χ2v) is 4.24. The summed E-state index contributed by atoms with van der Waals surface area (Å²) in [4.78, 5) is 2.45. The van der Waals surface area contributed by atoms with Gasteiger partial charge in [-0.2, -0.15) is 0 Å². The number of hydrogen-bond donors (Lipinski definition) is 1. The van der Waals surface area contributed by atoms with E-state index >= 15 is 0 Å². The second kappa shape index (κ2) is 6.36. The molecule has 84 valence electrons. The van der Waals surface area contributed by atoms with E-state index in [0.29, 0.717) is 18.4 Å². The molecule has 0 aliphatic carbocycles. The number of rotatable bonds is 5. The molecule has 14 heavy (non-hydrogen) atoms. The minimum atomic E-state index is -0.183. The molecule has 2 unspecified atom stereocenters. The highest BCUT2D eigenvalue weighted by atomic mass is 19.1. The van der Waals surface area contributed by atoms with Gasteiger partial charge >= 0.3 is 0 Å². The van der Waals surface area contributed by atoms with Gasteiger partial charge in [0.15, 0.2) is 0 Å². The Morgan fingerprint density at radius 1 is 1.57 bits per heavy atom. The fourth-order valence-corrected chi connectivity index (χ4v) is 2.14. The van der Waals surface area contributed by atoms with Crippen molar-refractivity contribution in [3.8, 4) is 0 Å². The zero-order valence-electron chi connectivity index (χ0n) is 9.43. The van der Waals surface area contributed by atoms with Gasteiger partial charge in [-0.15, -0.1) is 0 Å². The molecule has 0 aromatic rings. The minimum absolute atomic E-state index is 0.183. The molecule has 0 aromatic carbocycles. The van der Waals surface area contributed by atoms with E-state index < -0.39 is 0 Å². The molecule has 0 saturated carbocycles. The smallest absolute Gasteiger partial charge is 0.0906 e. The van der Waals surface area contributed by atoms with Crippen molar-refractivity contribution < 1.29 is 4.39 Å². The van der Waals surface area contributed by atoms with Crippen molar-refractivity contribution in [3.05, 3.63) is 0 Å². The highest BCUT2D eigenvalue weighted by molar-refractivity contribution is 4.82. The Morgan fingerprint density at radius 3 is 3.00 bits per heavy atom. The van der Waals surface area contributed by atoms with Crippen LogP contribution in [0.2, 0.25) is 0 Å². The predicted octanol–water partition coefficient (Wildman–Crippen LogP) is 1.67. The molecule has 3 heteroatoms. The summed E-state index contributed by atoms with van der Waals surface area (Å²) < 4.78 is 12.1. The number of nitrogens with one attached hydrogen (secondary N) is 1. The molecule has 0 spiro atoms. The van der Waals surface area contributed by atoms with Crippen molar-refractivity contribution in [1.82, 2.24) is 10.2 Å². The molecule has 2 nitrogen and oxygen atoms in total. The van der Waals surface area contributed by atoms with Gasteiger partial charge in [0.2, 0.25) is 0 Å². The summed E-state index contributed by atoms with van der Waals surface area (Å²) in [5.41, 5.74) is 0. The molecular weight excluding hydrogens is 179 g/mol. The summed E-state index contributed by atoms with van der Waals surface area (Å²) in [7, 11) is 0. The first-order valence-electron chi connectivity index (χ1n) is 5.80. The van der Waals surface area contributed by atoms with Crippen LogP contribution in [-0.2, 0) is 0 Å². The van der Waals surface area contributed by atoms with Gasteiger partial charge in [0, 0.05) is 32.2 Å². The van der Waals surface area contributed by atoms with Crippen LogP contribution >= 0.6 is 0 Å². The molecule has 1 fully saturated rings. The zero-order chi connectivity index (χ0) is 10.4. The molecule has 0 amide bonds. The maximum Gasteiger partial charge on any atom is 0.0906 e. The van der Waals surface area contributed by atoms with Gasteiger partial charge in [-0.1, -0.05) is 20.3 Å². The van der Waals surface area contributed by atoms with E-state index in [0.717, 1.165) is 26.2 Å². The molecule has 1 heterocycles. The Kier molecular flexibility index (Phi) is 5.41. The number of halogens is 1. The summed E-state index contributed by atoms with van der Waals surface area (Å²) in [5, 5.41) is 3.42. The van der Waals surface area contributed by atoms with Gasteiger partial charge < -0.3 is 5.32 Å². The zero-order valence-corrected chi connectivity index (χ0v) is 9.43. The van der Waals surface area contributed by atoms with E-state index in [-0.39, 0.29) is 6.67 Å². The minimum Gasteiger partial charge on any atom is -0.314 e. The monoisotopic (exact) mass is 202 g/mol. The first kappa shape index (κ1) is 11.9. The molecule has 2 atom stereocenters. The van der Waals surface area contributed by atoms with Crippen LogP contribution in [0.3, 0.4) is 0 Å². The van der Waals surface area contributed by atoms with Crippen molar-refractivity contribution in [2.24, 2.45) is 5.92 Å². The average molecular weight is 202 g/mol. The third kappa shape index (κ3) is 3.21.